The van der Waals surface area contributed by atoms with Gasteiger partial charge in [-0.1, -0.05) is 24.6 Å². The van der Waals surface area contributed by atoms with Gasteiger partial charge in [-0.3, -0.25) is 58.6 Å². The number of carbonyl (C=O) groups excluding carboxylic acids is 8. The van der Waals surface area contributed by atoms with Crippen LogP contribution in [0.25, 0.3) is 33.1 Å². The number of H-pyrrole nitrogens is 3. The molecule has 6 aromatic heterocycles. The van der Waals surface area contributed by atoms with Crippen molar-refractivity contribution >= 4 is 97.7 Å². The van der Waals surface area contributed by atoms with E-state index in [1.165, 1.54) is 14.7 Å². The number of nitrogens with one attached hydrogen (secondary N) is 8. The number of halogens is 12. The number of nitriles is 1. The van der Waals surface area contributed by atoms with Gasteiger partial charge in [0.05, 0.1) is 42.4 Å². The van der Waals surface area contributed by atoms with Crippen LogP contribution in [0.1, 0.15) is 110 Å². The molecule has 10 N–H and O–H groups in total. The third-order valence-electron chi connectivity index (χ3n) is 17.6. The number of aromatic amines is 3. The van der Waals surface area contributed by atoms with Crippen molar-refractivity contribution in [1.29, 1.82) is 5.26 Å². The number of ketones is 1. The topological polar surface area (TPSA) is 420 Å². The van der Waals surface area contributed by atoms with Gasteiger partial charge in [-0.05, 0) is 91.6 Å². The molecule has 0 spiro atoms. The number of carbonyl (C=O) groups is 8. The number of piperidine rings is 1. The van der Waals surface area contributed by atoms with Gasteiger partial charge >= 0.3 is 18.5 Å². The van der Waals surface area contributed by atoms with Gasteiger partial charge < -0.3 is 42.1 Å². The summed E-state index contributed by atoms with van der Waals surface area (Å²) in [5.41, 5.74) is 1.67. The number of rotatable bonds is 17. The van der Waals surface area contributed by atoms with Gasteiger partial charge in [0.2, 0.25) is 23.6 Å². The van der Waals surface area contributed by atoms with Crippen molar-refractivity contribution in [2.24, 2.45) is 17.6 Å². The van der Waals surface area contributed by atoms with E-state index in [-0.39, 0.29) is 153 Å². The van der Waals surface area contributed by atoms with Crippen molar-refractivity contribution < 1.29 is 91.0 Å². The number of anilines is 3. The molecular weight excluding hydrogens is 1430 g/mol. The number of nitrogens with zero attached hydrogens (tertiary/aromatic N) is 13. The Morgan fingerprint density at radius 1 is 0.528 bits per heavy atom. The van der Waals surface area contributed by atoms with Crippen LogP contribution in [-0.2, 0) is 62.1 Å². The normalized spacial score (nSPS) is 17.3. The molecule has 4 fully saturated rings. The predicted octanol–water partition coefficient (Wildman–Crippen LogP) is 6.47. The monoisotopic (exact) mass is 1490 g/mol. The lowest BCUT2D eigenvalue weighted by Gasteiger charge is -2.31. The Bertz CT molecular complexity index is 4960. The second kappa shape index (κ2) is 30.8. The van der Waals surface area contributed by atoms with Crippen LogP contribution >= 0.6 is 0 Å². The largest absolute Gasteiger partial charge is 0.419 e. The summed E-state index contributed by atoms with van der Waals surface area (Å²) >= 11 is 0. The van der Waals surface area contributed by atoms with E-state index >= 15 is 0 Å². The molecule has 1 saturated carbocycles. The molecule has 30 nitrogen and oxygen atoms in total. The maximum atomic E-state index is 13.5. The molecule has 106 heavy (non-hydrogen) atoms. The third-order valence-corrected chi connectivity index (χ3v) is 17.6. The van der Waals surface area contributed by atoms with Crippen LogP contribution in [0, 0.1) is 40.6 Å². The van der Waals surface area contributed by atoms with Crippen molar-refractivity contribution in [3.8, 4) is 6.07 Å². The van der Waals surface area contributed by atoms with Crippen molar-refractivity contribution in [3.05, 3.63) is 141 Å². The number of hydrogen-bond donors (Lipinski definition) is 9. The first-order valence-electron chi connectivity index (χ1n) is 32.0. The summed E-state index contributed by atoms with van der Waals surface area (Å²) in [5.74, 6) is -8.18. The van der Waals surface area contributed by atoms with Crippen molar-refractivity contribution in [2.75, 3.05) is 48.3 Å². The second-order valence-electron chi connectivity index (χ2n) is 24.3. The number of nitrogens with two attached hydrogens (primary N) is 1. The van der Waals surface area contributed by atoms with E-state index in [1.807, 2.05) is 0 Å². The maximum Gasteiger partial charge on any atom is 0.419 e. The highest BCUT2D eigenvalue weighted by Crippen LogP contribution is 2.40. The van der Waals surface area contributed by atoms with E-state index < -0.39 is 94.3 Å². The minimum absolute atomic E-state index is 0.0315. The first-order chi connectivity index (χ1) is 50.4. The fourth-order valence-electron chi connectivity index (χ4n) is 12.4. The molecule has 0 radical (unpaired) electrons. The summed E-state index contributed by atoms with van der Waals surface area (Å²) in [6.45, 7) is -0.549. The van der Waals surface area contributed by atoms with Gasteiger partial charge in [-0.2, -0.15) is 60.1 Å². The number of Topliss-reactive ketones (excluding diaryl/α,β-unsaturated/α-hetero) is 1. The zero-order valence-electron chi connectivity index (χ0n) is 54.5. The Labute approximate surface area is 587 Å². The minimum atomic E-state index is -4.88. The van der Waals surface area contributed by atoms with E-state index in [9.17, 15) is 91.0 Å². The van der Waals surface area contributed by atoms with Gasteiger partial charge in [-0.25, -0.2) is 43.1 Å². The van der Waals surface area contributed by atoms with Gasteiger partial charge in [-0.15, -0.1) is 0 Å². The number of aromatic nitrogens is 12. The number of benzene rings is 3. The molecule has 7 amide bonds. The van der Waals surface area contributed by atoms with E-state index in [4.69, 9.17) is 11.0 Å². The molecule has 42 heteroatoms. The molecule has 0 bridgehead atoms. The lowest BCUT2D eigenvalue weighted by molar-refractivity contribution is -0.140. The molecule has 554 valence electrons. The summed E-state index contributed by atoms with van der Waals surface area (Å²) in [6.07, 6.45) is -6.71. The Morgan fingerprint density at radius 3 is 1.38 bits per heavy atom. The molecule has 13 rings (SSSR count). The Balaban J connectivity index is 0.000000159. The number of alkyl halides is 9. The Morgan fingerprint density at radius 2 is 0.934 bits per heavy atom. The molecule has 3 saturated heterocycles. The van der Waals surface area contributed by atoms with Crippen LogP contribution in [0.15, 0.2) is 73.6 Å². The predicted molar refractivity (Wildman–Crippen MR) is 342 cm³/mol. The summed E-state index contributed by atoms with van der Waals surface area (Å²) in [5, 5.41) is 42.0. The van der Waals surface area contributed by atoms with Crippen LogP contribution < -0.4 is 37.2 Å². The van der Waals surface area contributed by atoms with E-state index in [0.29, 0.717) is 81.6 Å². The summed E-state index contributed by atoms with van der Waals surface area (Å²) in [7, 11) is 0. The zero-order valence-corrected chi connectivity index (χ0v) is 54.5. The summed E-state index contributed by atoms with van der Waals surface area (Å²) in [4.78, 5) is 128. The average Bonchev–Trinajstić information content (AvgIpc) is 1.64. The SMILES string of the molecule is N#CC1CCCN1C(=O)CNc1n[nH]c2c(C(=O)NCc3ccc(F)c(C(F)(F)F)c3)ncnc12.NC(=O)[C@@H]1CCCN1C(=O)CNc1n[nH]c2c(C(=O)NCc3ccc(F)c(C(F)(F)F)c3)ncnc12.O=C(NCc1ccc(F)c(C(F)(F)F)c1)c1ncnc2c(N3CC(=O)C4CCC[C@H]4C3=O)n[nH]c12. The summed E-state index contributed by atoms with van der Waals surface area (Å²) < 4.78 is 157. The molecule has 3 aliphatic heterocycles. The highest BCUT2D eigenvalue weighted by molar-refractivity contribution is 6.12. The van der Waals surface area contributed by atoms with Crippen molar-refractivity contribution in [3.63, 3.8) is 0 Å². The molecule has 9 heterocycles. The Kier molecular flexibility index (Phi) is 21.7. The minimum Gasteiger partial charge on any atom is -0.368 e. The first kappa shape index (κ1) is 74.7. The highest BCUT2D eigenvalue weighted by atomic mass is 19.4. The van der Waals surface area contributed by atoms with E-state index in [1.54, 1.807) is 0 Å². The van der Waals surface area contributed by atoms with Crippen molar-refractivity contribution in [1.82, 2.24) is 86.2 Å². The standard InChI is InChI=1S/C22H18F4N6O3.C21H20F4N8O3.C21H18F4N8O2/c23-14-5-4-10(6-13(14)22(24,25)26)7-27-20(34)18-16-17(28-9-29-18)19(31-30-16)32-8-15(33)11-2-1-3-12(11)21(32)35;22-12-4-3-10(6-11(12)21(23,24)25)7-28-20(36)17-15-16(29-9-30-17)19(32-31-15)27-8-14(34)33-5-1-2-13(33)18(26)35;22-14-4-3-11(6-13(14)21(23,24)25)8-28-20(35)18-16-17(29-10-30-18)19(32-31-16)27-9-15(34)33-5-1-2-12(33)7-26/h4-6,9,11-12H,1-3,7-8H2,(H,27,34)(H,30,31);3-4,6,9,13H,1-2,5,7-8H2,(H2,26,35)(H,28,36)(H2,27,31,32);3-4,6,10,12H,1-2,5,8-9H2,(H,28,35)(H2,27,31,32)/t11?,12-;13-;/m10./s1. The number of fused-ring (bicyclic) bond motifs is 4. The van der Waals surface area contributed by atoms with Gasteiger partial charge in [0.25, 0.3) is 17.7 Å². The molecule has 3 aromatic carbocycles. The van der Waals surface area contributed by atoms with Gasteiger partial charge in [0.15, 0.2) is 40.3 Å². The molecule has 4 atom stereocenters. The first-order valence-corrected chi connectivity index (χ1v) is 32.0. The highest BCUT2D eigenvalue weighted by Gasteiger charge is 2.46. The van der Waals surface area contributed by atoms with Gasteiger partial charge in [0, 0.05) is 44.6 Å². The maximum absolute atomic E-state index is 13.5. The lowest BCUT2D eigenvalue weighted by Crippen LogP contribution is -2.49. The van der Waals surface area contributed by atoms with Crippen LogP contribution in [0.2, 0.25) is 0 Å². The van der Waals surface area contributed by atoms with Crippen LogP contribution in [0.3, 0.4) is 0 Å². The quantitative estimate of drug-likeness (QED) is 0.0441. The van der Waals surface area contributed by atoms with E-state index in [2.05, 4.69) is 93.1 Å². The second-order valence-corrected chi connectivity index (χ2v) is 24.3. The molecule has 9 aromatic rings. The third kappa shape index (κ3) is 16.3. The molecule has 2 unspecified atom stereocenters. The fourth-order valence-corrected chi connectivity index (χ4v) is 12.4. The number of hydrogen-bond acceptors (Lipinski definition) is 20. The molecular formula is C64H56F12N22O8. The van der Waals surface area contributed by atoms with Crippen LogP contribution in [-0.4, -0.2) is 162 Å². The fraction of sp³-hybridized carbons (Fsp3) is 0.344. The number of likely N-dealkylation sites (tertiary alicyclic amines) is 2. The Hall–Kier alpha value is -12.5. The van der Waals surface area contributed by atoms with Crippen LogP contribution in [0.5, 0.6) is 0 Å². The number of primary amides is 1. The average molecular weight is 1490 g/mol. The summed E-state index contributed by atoms with van der Waals surface area (Å²) in [6, 6.07) is 8.24. The lowest BCUT2D eigenvalue weighted by atomic mass is 9.87. The van der Waals surface area contributed by atoms with Crippen molar-refractivity contribution in [2.45, 2.75) is 95.2 Å². The van der Waals surface area contributed by atoms with Gasteiger partial charge in [0.1, 0.15) is 81.6 Å². The van der Waals surface area contributed by atoms with E-state index in [0.717, 1.165) is 50.0 Å². The number of amides is 7. The zero-order chi connectivity index (χ0) is 76.1. The molecule has 1 aliphatic carbocycles. The van der Waals surface area contributed by atoms with Crippen LogP contribution in [0.4, 0.5) is 70.1 Å². The molecule has 4 aliphatic rings. The smallest absolute Gasteiger partial charge is 0.368 e.